The minimum absolute atomic E-state index is 0.0225. The van der Waals surface area contributed by atoms with E-state index in [0.717, 1.165) is 39.1 Å². The third-order valence-electron chi connectivity index (χ3n) is 3.52. The molecule has 1 aromatic rings. The average molecular weight is 267 g/mol. The van der Waals surface area contributed by atoms with E-state index in [-0.39, 0.29) is 11.7 Å². The molecule has 5 heteroatoms. The maximum Gasteiger partial charge on any atom is 0.0779 e. The first-order valence-electron chi connectivity index (χ1n) is 6.99. The molecule has 0 aromatic carbocycles. The Bertz CT molecular complexity index is 390. The molecule has 1 saturated heterocycles. The van der Waals surface area contributed by atoms with Gasteiger partial charge < -0.3 is 14.8 Å². The smallest absolute Gasteiger partial charge is 0.0779 e. The minimum atomic E-state index is 0.0225. The predicted octanol–water partition coefficient (Wildman–Crippen LogP) is 1.58. The second kappa shape index (κ2) is 6.50. The summed E-state index contributed by atoms with van der Waals surface area (Å²) < 4.78 is 13.1. The topological polar surface area (TPSA) is 48.3 Å². The van der Waals surface area contributed by atoms with Crippen molar-refractivity contribution in [1.82, 2.24) is 15.1 Å². The zero-order valence-corrected chi connectivity index (χ0v) is 12.2. The zero-order valence-electron chi connectivity index (χ0n) is 12.2. The van der Waals surface area contributed by atoms with E-state index in [4.69, 9.17) is 9.47 Å². The Morgan fingerprint density at radius 2 is 2.42 bits per heavy atom. The van der Waals surface area contributed by atoms with Crippen LogP contribution in [0, 0.1) is 0 Å². The van der Waals surface area contributed by atoms with Gasteiger partial charge in [-0.25, -0.2) is 0 Å². The normalized spacial score (nSPS) is 21.9. The minimum Gasteiger partial charge on any atom is -0.383 e. The van der Waals surface area contributed by atoms with Gasteiger partial charge >= 0.3 is 0 Å². The van der Waals surface area contributed by atoms with Gasteiger partial charge in [0.1, 0.15) is 0 Å². The number of ether oxygens (including phenoxy) is 2. The van der Waals surface area contributed by atoms with Crippen LogP contribution >= 0.6 is 0 Å². The largest absolute Gasteiger partial charge is 0.383 e. The van der Waals surface area contributed by atoms with E-state index >= 15 is 0 Å². The Morgan fingerprint density at radius 3 is 3.11 bits per heavy atom. The Balaban J connectivity index is 1.82. The fraction of sp³-hybridized carbons (Fsp3) is 0.786. The van der Waals surface area contributed by atoms with Crippen LogP contribution in [0.4, 0.5) is 0 Å². The molecule has 0 aliphatic carbocycles. The van der Waals surface area contributed by atoms with E-state index in [1.165, 1.54) is 5.69 Å². The van der Waals surface area contributed by atoms with Crippen molar-refractivity contribution in [2.24, 2.45) is 0 Å². The second-order valence-corrected chi connectivity index (χ2v) is 5.71. The summed E-state index contributed by atoms with van der Waals surface area (Å²) in [6, 6.07) is 2.06. The van der Waals surface area contributed by atoms with Crippen LogP contribution < -0.4 is 5.32 Å². The zero-order chi connectivity index (χ0) is 13.7. The molecule has 1 aliphatic rings. The number of nitrogens with one attached hydrogen (secondary N) is 1. The first-order valence-corrected chi connectivity index (χ1v) is 6.99. The summed E-state index contributed by atoms with van der Waals surface area (Å²) in [5.41, 5.74) is 1.22. The molecule has 0 radical (unpaired) electrons. The van der Waals surface area contributed by atoms with E-state index < -0.39 is 0 Å². The Kier molecular flexibility index (Phi) is 4.96. The van der Waals surface area contributed by atoms with Gasteiger partial charge in [-0.2, -0.15) is 5.10 Å². The molecule has 1 unspecified atom stereocenters. The number of nitrogens with zero attached hydrogens (tertiary/aromatic N) is 2. The van der Waals surface area contributed by atoms with Gasteiger partial charge in [0.15, 0.2) is 0 Å². The molecule has 1 N–H and O–H groups in total. The number of aromatic nitrogens is 2. The molecule has 1 fully saturated rings. The molecule has 0 saturated carbocycles. The van der Waals surface area contributed by atoms with Gasteiger partial charge in [0.25, 0.3) is 0 Å². The highest BCUT2D eigenvalue weighted by Gasteiger charge is 2.32. The van der Waals surface area contributed by atoms with Gasteiger partial charge in [0.05, 0.1) is 30.6 Å². The maximum absolute atomic E-state index is 6.02. The Morgan fingerprint density at radius 1 is 1.58 bits per heavy atom. The van der Waals surface area contributed by atoms with Crippen LogP contribution in [-0.2, 0) is 22.6 Å². The molecular formula is C14H25N3O2. The SMILES string of the molecule is COCCNCc1ccnn1CC1CCC(C)(C)O1. The quantitative estimate of drug-likeness (QED) is 0.762. The summed E-state index contributed by atoms with van der Waals surface area (Å²) in [6.07, 6.45) is 4.38. The van der Waals surface area contributed by atoms with Crippen LogP contribution in [-0.4, -0.2) is 41.7 Å². The highest BCUT2D eigenvalue weighted by atomic mass is 16.5. The van der Waals surface area contributed by atoms with Crippen LogP contribution in [0.15, 0.2) is 12.3 Å². The summed E-state index contributed by atoms with van der Waals surface area (Å²) in [6.45, 7) is 7.56. The molecule has 108 valence electrons. The van der Waals surface area contributed by atoms with E-state index in [1.54, 1.807) is 7.11 Å². The van der Waals surface area contributed by atoms with Gasteiger partial charge in [-0.15, -0.1) is 0 Å². The molecule has 1 atom stereocenters. The molecule has 0 amide bonds. The van der Waals surface area contributed by atoms with Gasteiger partial charge in [-0.1, -0.05) is 0 Å². The highest BCUT2D eigenvalue weighted by Crippen LogP contribution is 2.30. The third kappa shape index (κ3) is 4.30. The molecule has 0 spiro atoms. The first kappa shape index (κ1) is 14.5. The van der Waals surface area contributed by atoms with E-state index in [9.17, 15) is 0 Å². The fourth-order valence-corrected chi connectivity index (χ4v) is 2.46. The van der Waals surface area contributed by atoms with E-state index in [1.807, 2.05) is 10.9 Å². The number of rotatable bonds is 7. The second-order valence-electron chi connectivity index (χ2n) is 5.71. The summed E-state index contributed by atoms with van der Waals surface area (Å²) in [7, 11) is 1.71. The number of methoxy groups -OCH3 is 1. The predicted molar refractivity (Wildman–Crippen MR) is 74.0 cm³/mol. The Hall–Kier alpha value is -0.910. The lowest BCUT2D eigenvalue weighted by molar-refractivity contribution is -0.0233. The van der Waals surface area contributed by atoms with Crippen LogP contribution in [0.1, 0.15) is 32.4 Å². The van der Waals surface area contributed by atoms with Crippen molar-refractivity contribution in [3.8, 4) is 0 Å². The molecule has 1 aliphatic heterocycles. The monoisotopic (exact) mass is 267 g/mol. The van der Waals surface area contributed by atoms with E-state index in [0.29, 0.717) is 0 Å². The molecule has 0 bridgehead atoms. The molecule has 1 aromatic heterocycles. The fourth-order valence-electron chi connectivity index (χ4n) is 2.46. The number of hydrogen-bond acceptors (Lipinski definition) is 4. The third-order valence-corrected chi connectivity index (χ3v) is 3.52. The lowest BCUT2D eigenvalue weighted by Gasteiger charge is -2.20. The standard InChI is InChI=1S/C14H25N3O2/c1-14(2)6-4-13(19-14)11-17-12(5-7-16-17)10-15-8-9-18-3/h5,7,13,15H,4,6,8-11H2,1-3H3. The molecule has 2 rings (SSSR count). The first-order chi connectivity index (χ1) is 9.11. The Labute approximate surface area is 115 Å². The van der Waals surface area contributed by atoms with E-state index in [2.05, 4.69) is 30.3 Å². The van der Waals surface area contributed by atoms with Crippen molar-refractivity contribution in [2.75, 3.05) is 20.3 Å². The lowest BCUT2D eigenvalue weighted by Crippen LogP contribution is -2.26. The van der Waals surface area contributed by atoms with Crippen molar-refractivity contribution >= 4 is 0 Å². The molecular weight excluding hydrogens is 242 g/mol. The summed E-state index contributed by atoms with van der Waals surface area (Å²) >= 11 is 0. The van der Waals surface area contributed by atoms with Crippen molar-refractivity contribution in [1.29, 1.82) is 0 Å². The van der Waals surface area contributed by atoms with Crippen molar-refractivity contribution in [3.05, 3.63) is 18.0 Å². The lowest BCUT2D eigenvalue weighted by atomic mass is 10.1. The van der Waals surface area contributed by atoms with Gasteiger partial charge in [-0.3, -0.25) is 4.68 Å². The van der Waals surface area contributed by atoms with Gasteiger partial charge in [-0.05, 0) is 32.8 Å². The van der Waals surface area contributed by atoms with Crippen molar-refractivity contribution < 1.29 is 9.47 Å². The van der Waals surface area contributed by atoms with Crippen LogP contribution in [0.3, 0.4) is 0 Å². The summed E-state index contributed by atoms with van der Waals surface area (Å²) in [5.74, 6) is 0. The summed E-state index contributed by atoms with van der Waals surface area (Å²) in [4.78, 5) is 0. The van der Waals surface area contributed by atoms with Crippen LogP contribution in [0.5, 0.6) is 0 Å². The number of hydrogen-bond donors (Lipinski definition) is 1. The highest BCUT2D eigenvalue weighted by molar-refractivity contribution is 5.00. The summed E-state index contributed by atoms with van der Waals surface area (Å²) in [5, 5.41) is 7.74. The molecule has 2 heterocycles. The van der Waals surface area contributed by atoms with Crippen molar-refractivity contribution in [2.45, 2.75) is 51.5 Å². The molecule has 5 nitrogen and oxygen atoms in total. The van der Waals surface area contributed by atoms with Crippen molar-refractivity contribution in [3.63, 3.8) is 0 Å². The van der Waals surface area contributed by atoms with Gasteiger partial charge in [0, 0.05) is 26.4 Å². The maximum atomic E-state index is 6.02. The van der Waals surface area contributed by atoms with Gasteiger partial charge in [0.2, 0.25) is 0 Å². The average Bonchev–Trinajstić information content (AvgIpc) is 2.92. The van der Waals surface area contributed by atoms with Crippen LogP contribution in [0.2, 0.25) is 0 Å². The van der Waals surface area contributed by atoms with Crippen LogP contribution in [0.25, 0.3) is 0 Å². The molecule has 19 heavy (non-hydrogen) atoms.